The lowest BCUT2D eigenvalue weighted by Crippen LogP contribution is -2.33. The highest BCUT2D eigenvalue weighted by molar-refractivity contribution is 7.89. The van der Waals surface area contributed by atoms with Gasteiger partial charge in [-0.05, 0) is 32.9 Å². The third-order valence-corrected chi connectivity index (χ3v) is 4.16. The number of hydrogen-bond donors (Lipinski definition) is 1. The Morgan fingerprint density at radius 3 is 2.39 bits per heavy atom. The molecule has 0 unspecified atom stereocenters. The van der Waals surface area contributed by atoms with Crippen LogP contribution in [0.15, 0.2) is 40.8 Å². The van der Waals surface area contributed by atoms with Gasteiger partial charge in [0, 0.05) is 5.57 Å². The molecule has 1 rings (SSSR count). The number of hydrogen-bond acceptors (Lipinski definition) is 2. The van der Waals surface area contributed by atoms with E-state index in [0.717, 1.165) is 5.56 Å². The Hall–Kier alpha value is -1.57. The Morgan fingerprint density at radius 1 is 1.39 bits per heavy atom. The summed E-state index contributed by atoms with van der Waals surface area (Å²) in [5.41, 5.74) is 1.63. The highest BCUT2D eigenvalue weighted by atomic mass is 32.2. The largest absolute Gasteiger partial charge is 0.241 e. The first-order valence-corrected chi connectivity index (χ1v) is 7.11. The van der Waals surface area contributed by atoms with Crippen LogP contribution in [0.3, 0.4) is 0 Å². The SMILES string of the molecule is C#C/C(=C\C)[C@H](C)NS(=O)(=O)c1ccc(C)cc1. The predicted molar refractivity (Wildman–Crippen MR) is 73.6 cm³/mol. The fraction of sp³-hybridized carbons (Fsp3) is 0.286. The van der Waals surface area contributed by atoms with Crippen molar-refractivity contribution in [1.29, 1.82) is 0 Å². The molecule has 0 bridgehead atoms. The molecule has 0 heterocycles. The quantitative estimate of drug-likeness (QED) is 0.847. The number of rotatable bonds is 4. The average Bonchev–Trinajstić information content (AvgIpc) is 2.30. The van der Waals surface area contributed by atoms with E-state index in [4.69, 9.17) is 6.42 Å². The lowest BCUT2D eigenvalue weighted by atomic mass is 10.1. The molecule has 1 atom stereocenters. The molecule has 0 spiro atoms. The molecule has 0 saturated heterocycles. The molecule has 0 radical (unpaired) electrons. The zero-order chi connectivity index (χ0) is 13.8. The van der Waals surface area contributed by atoms with E-state index < -0.39 is 16.1 Å². The fourth-order valence-corrected chi connectivity index (χ4v) is 2.76. The van der Waals surface area contributed by atoms with Crippen LogP contribution in [0.5, 0.6) is 0 Å². The number of terminal acetylenes is 1. The predicted octanol–water partition coefficient (Wildman–Crippen LogP) is 2.24. The summed E-state index contributed by atoms with van der Waals surface area (Å²) in [4.78, 5) is 0.243. The van der Waals surface area contributed by atoms with Gasteiger partial charge in [0.25, 0.3) is 0 Å². The van der Waals surface area contributed by atoms with Crippen LogP contribution in [0.4, 0.5) is 0 Å². The van der Waals surface area contributed by atoms with Crippen molar-refractivity contribution >= 4 is 10.0 Å². The second-order valence-corrected chi connectivity index (χ2v) is 5.76. The molecule has 0 amide bonds. The highest BCUT2D eigenvalue weighted by Gasteiger charge is 2.18. The molecule has 0 aromatic heterocycles. The topological polar surface area (TPSA) is 46.2 Å². The first-order valence-electron chi connectivity index (χ1n) is 5.62. The summed E-state index contributed by atoms with van der Waals surface area (Å²) in [5.74, 6) is 2.47. The molecule has 96 valence electrons. The minimum Gasteiger partial charge on any atom is -0.207 e. The first kappa shape index (κ1) is 14.5. The normalized spacial score (nSPS) is 14.0. The van der Waals surface area contributed by atoms with E-state index in [1.165, 1.54) is 0 Å². The molecule has 3 nitrogen and oxygen atoms in total. The van der Waals surface area contributed by atoms with Crippen LogP contribution in [-0.4, -0.2) is 14.5 Å². The molecule has 0 fully saturated rings. The monoisotopic (exact) mass is 263 g/mol. The maximum Gasteiger partial charge on any atom is 0.241 e. The molecule has 1 N–H and O–H groups in total. The van der Waals surface area contributed by atoms with Gasteiger partial charge in [-0.15, -0.1) is 6.42 Å². The molecular formula is C14H17NO2S. The summed E-state index contributed by atoms with van der Waals surface area (Å²) in [6, 6.07) is 6.27. The number of benzene rings is 1. The van der Waals surface area contributed by atoms with Crippen LogP contribution < -0.4 is 4.72 Å². The van der Waals surface area contributed by atoms with Gasteiger partial charge >= 0.3 is 0 Å². The standard InChI is InChI=1S/C14H17NO2S/c1-5-13(6-2)12(4)15-18(16,17)14-9-7-11(3)8-10-14/h1,6-10,12,15H,2-4H3/b13-6+/t12-/m0/s1. The summed E-state index contributed by atoms with van der Waals surface area (Å²) in [7, 11) is -3.53. The van der Waals surface area contributed by atoms with Gasteiger partial charge in [-0.2, -0.15) is 0 Å². The fourth-order valence-electron chi connectivity index (χ4n) is 1.54. The molecule has 4 heteroatoms. The van der Waals surface area contributed by atoms with Gasteiger partial charge in [0.1, 0.15) is 0 Å². The maximum atomic E-state index is 12.1. The van der Waals surface area contributed by atoms with Gasteiger partial charge in [0.2, 0.25) is 10.0 Å². The first-order chi connectivity index (χ1) is 8.40. The van der Waals surface area contributed by atoms with Crippen LogP contribution in [0.1, 0.15) is 19.4 Å². The summed E-state index contributed by atoms with van der Waals surface area (Å²) in [5, 5.41) is 0. The Balaban J connectivity index is 2.96. The molecule has 18 heavy (non-hydrogen) atoms. The average molecular weight is 263 g/mol. The molecule has 0 aliphatic carbocycles. The van der Waals surface area contributed by atoms with Crippen LogP contribution >= 0.6 is 0 Å². The van der Waals surface area contributed by atoms with E-state index in [1.807, 2.05) is 6.92 Å². The Kier molecular flexibility index (Phi) is 4.71. The van der Waals surface area contributed by atoms with Crippen molar-refractivity contribution in [1.82, 2.24) is 4.72 Å². The van der Waals surface area contributed by atoms with E-state index in [-0.39, 0.29) is 4.90 Å². The Bertz CT molecular complexity index is 577. The van der Waals surface area contributed by atoms with Crippen LogP contribution in [-0.2, 0) is 10.0 Å². The van der Waals surface area contributed by atoms with Gasteiger partial charge in [0.05, 0.1) is 10.9 Å². The molecular weight excluding hydrogens is 246 g/mol. The number of aryl methyl sites for hydroxylation is 1. The molecule has 0 saturated carbocycles. The van der Waals surface area contributed by atoms with Crippen molar-refractivity contribution in [3.63, 3.8) is 0 Å². The van der Waals surface area contributed by atoms with Crippen molar-refractivity contribution in [2.24, 2.45) is 0 Å². The van der Waals surface area contributed by atoms with Gasteiger partial charge in [-0.25, -0.2) is 13.1 Å². The van der Waals surface area contributed by atoms with Crippen molar-refractivity contribution < 1.29 is 8.42 Å². The highest BCUT2D eigenvalue weighted by Crippen LogP contribution is 2.12. The van der Waals surface area contributed by atoms with E-state index in [9.17, 15) is 8.42 Å². The summed E-state index contributed by atoms with van der Waals surface area (Å²) in [6.45, 7) is 5.41. The van der Waals surface area contributed by atoms with Gasteiger partial charge in [-0.1, -0.05) is 29.7 Å². The summed E-state index contributed by atoms with van der Waals surface area (Å²) < 4.78 is 26.7. The maximum absolute atomic E-state index is 12.1. The summed E-state index contributed by atoms with van der Waals surface area (Å²) >= 11 is 0. The lowest BCUT2D eigenvalue weighted by Gasteiger charge is -2.14. The minimum atomic E-state index is -3.53. The Morgan fingerprint density at radius 2 is 1.94 bits per heavy atom. The third kappa shape index (κ3) is 3.46. The second-order valence-electron chi connectivity index (χ2n) is 4.04. The van der Waals surface area contributed by atoms with Gasteiger partial charge in [-0.3, -0.25) is 0 Å². The van der Waals surface area contributed by atoms with Crippen molar-refractivity contribution in [3.05, 3.63) is 41.5 Å². The molecule has 0 aliphatic heterocycles. The van der Waals surface area contributed by atoms with Crippen molar-refractivity contribution in [3.8, 4) is 12.3 Å². The van der Waals surface area contributed by atoms with Crippen LogP contribution in [0.2, 0.25) is 0 Å². The number of nitrogens with one attached hydrogen (secondary N) is 1. The molecule has 0 aliphatic rings. The van der Waals surface area contributed by atoms with Gasteiger partial charge in [0.15, 0.2) is 0 Å². The van der Waals surface area contributed by atoms with Crippen molar-refractivity contribution in [2.75, 3.05) is 0 Å². The number of sulfonamides is 1. The third-order valence-electron chi connectivity index (χ3n) is 2.61. The smallest absolute Gasteiger partial charge is 0.207 e. The second kappa shape index (κ2) is 5.85. The van der Waals surface area contributed by atoms with E-state index in [0.29, 0.717) is 5.57 Å². The van der Waals surface area contributed by atoms with Crippen LogP contribution in [0, 0.1) is 19.3 Å². The molecule has 1 aromatic rings. The van der Waals surface area contributed by atoms with E-state index in [1.54, 1.807) is 44.2 Å². The Labute approximate surface area is 109 Å². The zero-order valence-corrected chi connectivity index (χ0v) is 11.6. The van der Waals surface area contributed by atoms with Crippen LogP contribution in [0.25, 0.3) is 0 Å². The lowest BCUT2D eigenvalue weighted by molar-refractivity contribution is 0.574. The summed E-state index contributed by atoms with van der Waals surface area (Å²) in [6.07, 6.45) is 7.03. The van der Waals surface area contributed by atoms with E-state index in [2.05, 4.69) is 10.6 Å². The van der Waals surface area contributed by atoms with Gasteiger partial charge < -0.3 is 0 Å². The molecule has 1 aromatic carbocycles. The number of allylic oxidation sites excluding steroid dienone is 1. The van der Waals surface area contributed by atoms with E-state index >= 15 is 0 Å². The minimum absolute atomic E-state index is 0.243. The van der Waals surface area contributed by atoms with Crippen molar-refractivity contribution in [2.45, 2.75) is 31.7 Å². The zero-order valence-electron chi connectivity index (χ0n) is 10.8.